The first kappa shape index (κ1) is 24.0. The summed E-state index contributed by atoms with van der Waals surface area (Å²) in [4.78, 5) is 38.5. The average Bonchev–Trinajstić information content (AvgIpc) is 3.15. The average molecular weight is 473 g/mol. The predicted molar refractivity (Wildman–Crippen MR) is 134 cm³/mol. The molecule has 0 heterocycles. The Bertz CT molecular complexity index is 1240. The largest absolute Gasteiger partial charge is 0.480 e. The summed E-state index contributed by atoms with van der Waals surface area (Å²) in [6, 6.07) is 20.8. The highest BCUT2D eigenvalue weighted by atomic mass is 16.5. The number of hydrogen-bond donors (Lipinski definition) is 2. The molecule has 0 fully saturated rings. The zero-order chi connectivity index (χ0) is 25.1. The Morgan fingerprint density at radius 2 is 1.57 bits per heavy atom. The Morgan fingerprint density at radius 3 is 2.14 bits per heavy atom. The van der Waals surface area contributed by atoms with Crippen LogP contribution in [0, 0.1) is 6.92 Å². The number of nitrogens with zero attached hydrogens (tertiary/aromatic N) is 1. The summed E-state index contributed by atoms with van der Waals surface area (Å²) in [5.41, 5.74) is 5.78. The van der Waals surface area contributed by atoms with Crippen molar-refractivity contribution in [3.63, 3.8) is 0 Å². The van der Waals surface area contributed by atoms with E-state index in [0.29, 0.717) is 0 Å². The monoisotopic (exact) mass is 472 g/mol. The van der Waals surface area contributed by atoms with Crippen molar-refractivity contribution >= 4 is 23.7 Å². The van der Waals surface area contributed by atoms with Crippen LogP contribution in [0.5, 0.6) is 0 Å². The molecule has 180 valence electrons. The fourth-order valence-electron chi connectivity index (χ4n) is 4.48. The number of carbonyl (C=O) groups is 3. The first-order valence-corrected chi connectivity index (χ1v) is 11.5. The standard InChI is InChI=1S/C28H28N2O5/c1-17(2)30(15-26(31)32)27(33)23-14-18(3)12-13-25(23)29-28(34)35-16-24-21-10-6-4-8-19(21)20-9-5-7-11-22(20)24/h4-14,17,24H,15-16H2,1-3H3,(H,29,34)(H,31,32). The number of anilines is 1. The third-order valence-electron chi connectivity index (χ3n) is 6.18. The van der Waals surface area contributed by atoms with Gasteiger partial charge in [-0.1, -0.05) is 60.2 Å². The molecule has 2 amide bonds. The highest BCUT2D eigenvalue weighted by Gasteiger charge is 2.29. The summed E-state index contributed by atoms with van der Waals surface area (Å²) < 4.78 is 5.61. The molecule has 2 N–H and O–H groups in total. The lowest BCUT2D eigenvalue weighted by Gasteiger charge is -2.26. The predicted octanol–water partition coefficient (Wildman–Crippen LogP) is 5.29. The molecule has 3 aromatic carbocycles. The molecule has 0 atom stereocenters. The fraction of sp³-hybridized carbons (Fsp3) is 0.250. The number of carboxylic acids is 1. The van der Waals surface area contributed by atoms with Gasteiger partial charge >= 0.3 is 12.1 Å². The van der Waals surface area contributed by atoms with E-state index in [0.717, 1.165) is 27.8 Å². The van der Waals surface area contributed by atoms with Gasteiger partial charge in [0.15, 0.2) is 0 Å². The third kappa shape index (κ3) is 5.04. The molecule has 1 aliphatic rings. The minimum absolute atomic E-state index is 0.0840. The van der Waals surface area contributed by atoms with Crippen LogP contribution in [-0.4, -0.2) is 47.2 Å². The molecule has 0 bridgehead atoms. The summed E-state index contributed by atoms with van der Waals surface area (Å²) >= 11 is 0. The van der Waals surface area contributed by atoms with Crippen molar-refractivity contribution < 1.29 is 24.2 Å². The fourth-order valence-corrected chi connectivity index (χ4v) is 4.48. The number of hydrogen-bond acceptors (Lipinski definition) is 4. The first-order chi connectivity index (χ1) is 16.8. The van der Waals surface area contributed by atoms with E-state index in [4.69, 9.17) is 4.74 Å². The maximum atomic E-state index is 13.2. The van der Waals surface area contributed by atoms with Crippen molar-refractivity contribution in [3.8, 4) is 11.1 Å². The zero-order valence-corrected chi connectivity index (χ0v) is 19.9. The molecule has 35 heavy (non-hydrogen) atoms. The molecule has 0 unspecified atom stereocenters. The molecule has 7 heteroatoms. The molecule has 7 nitrogen and oxygen atoms in total. The van der Waals surface area contributed by atoms with E-state index in [1.165, 1.54) is 4.90 Å². The second-order valence-corrected chi connectivity index (χ2v) is 8.92. The lowest BCUT2D eigenvalue weighted by atomic mass is 9.98. The first-order valence-electron chi connectivity index (χ1n) is 11.5. The van der Waals surface area contributed by atoms with Crippen molar-refractivity contribution in [3.05, 3.63) is 89.0 Å². The molecular weight excluding hydrogens is 444 g/mol. The van der Waals surface area contributed by atoms with Crippen LogP contribution in [0.4, 0.5) is 10.5 Å². The highest BCUT2D eigenvalue weighted by molar-refractivity contribution is 6.03. The van der Waals surface area contributed by atoms with Gasteiger partial charge in [0, 0.05) is 12.0 Å². The van der Waals surface area contributed by atoms with Crippen LogP contribution in [0.1, 0.15) is 46.8 Å². The summed E-state index contributed by atoms with van der Waals surface area (Å²) in [6.07, 6.45) is -0.681. The van der Waals surface area contributed by atoms with E-state index in [2.05, 4.69) is 17.4 Å². The second kappa shape index (κ2) is 10.0. The molecule has 4 rings (SSSR count). The van der Waals surface area contributed by atoms with Crippen LogP contribution < -0.4 is 5.32 Å². The Balaban J connectivity index is 1.52. The number of ether oxygens (including phenoxy) is 1. The molecule has 0 spiro atoms. The number of carboxylic acid groups (broad SMARTS) is 1. The Kier molecular flexibility index (Phi) is 6.87. The number of aliphatic carboxylic acids is 1. The van der Waals surface area contributed by atoms with E-state index in [1.807, 2.05) is 43.3 Å². The maximum absolute atomic E-state index is 13.2. The topological polar surface area (TPSA) is 95.9 Å². The van der Waals surface area contributed by atoms with Gasteiger partial charge in [-0.25, -0.2) is 4.79 Å². The van der Waals surface area contributed by atoms with E-state index >= 15 is 0 Å². The summed E-state index contributed by atoms with van der Waals surface area (Å²) in [7, 11) is 0. The number of aryl methyl sites for hydroxylation is 1. The van der Waals surface area contributed by atoms with Crippen molar-refractivity contribution in [2.75, 3.05) is 18.5 Å². The van der Waals surface area contributed by atoms with Gasteiger partial charge in [0.2, 0.25) is 0 Å². The summed E-state index contributed by atoms with van der Waals surface area (Å²) in [6.45, 7) is 5.02. The van der Waals surface area contributed by atoms with Gasteiger partial charge in [-0.2, -0.15) is 0 Å². The van der Waals surface area contributed by atoms with Crippen LogP contribution >= 0.6 is 0 Å². The van der Waals surface area contributed by atoms with E-state index in [1.54, 1.807) is 32.0 Å². The van der Waals surface area contributed by atoms with Crippen LogP contribution in [0.15, 0.2) is 66.7 Å². The van der Waals surface area contributed by atoms with Crippen LogP contribution in [0.3, 0.4) is 0 Å². The van der Waals surface area contributed by atoms with Crippen LogP contribution in [0.2, 0.25) is 0 Å². The number of benzene rings is 3. The summed E-state index contributed by atoms with van der Waals surface area (Å²) in [5, 5.41) is 11.9. The summed E-state index contributed by atoms with van der Waals surface area (Å²) in [5.74, 6) is -1.66. The van der Waals surface area contributed by atoms with Gasteiger partial charge in [0.25, 0.3) is 5.91 Å². The zero-order valence-electron chi connectivity index (χ0n) is 19.9. The van der Waals surface area contributed by atoms with E-state index in [-0.39, 0.29) is 29.8 Å². The number of amides is 2. The number of rotatable bonds is 7. The molecule has 0 aromatic heterocycles. The lowest BCUT2D eigenvalue weighted by molar-refractivity contribution is -0.138. The number of fused-ring (bicyclic) bond motifs is 3. The molecule has 0 saturated heterocycles. The lowest BCUT2D eigenvalue weighted by Crippen LogP contribution is -2.41. The molecule has 0 radical (unpaired) electrons. The molecule has 0 aliphatic heterocycles. The quantitative estimate of drug-likeness (QED) is 0.487. The van der Waals surface area contributed by atoms with Gasteiger partial charge in [-0.15, -0.1) is 0 Å². The van der Waals surface area contributed by atoms with Crippen molar-refractivity contribution in [2.24, 2.45) is 0 Å². The van der Waals surface area contributed by atoms with E-state index < -0.39 is 24.5 Å². The van der Waals surface area contributed by atoms with Gasteiger partial charge in [0.05, 0.1) is 11.3 Å². The maximum Gasteiger partial charge on any atom is 0.411 e. The van der Waals surface area contributed by atoms with Crippen molar-refractivity contribution in [2.45, 2.75) is 32.7 Å². The van der Waals surface area contributed by atoms with Crippen molar-refractivity contribution in [1.82, 2.24) is 4.90 Å². The van der Waals surface area contributed by atoms with Crippen LogP contribution in [-0.2, 0) is 9.53 Å². The van der Waals surface area contributed by atoms with Gasteiger partial charge in [-0.3, -0.25) is 14.9 Å². The molecule has 0 saturated carbocycles. The van der Waals surface area contributed by atoms with Gasteiger partial charge < -0.3 is 14.7 Å². The third-order valence-corrected chi connectivity index (χ3v) is 6.18. The number of carbonyl (C=O) groups excluding carboxylic acids is 2. The Hall–Kier alpha value is -4.13. The van der Waals surface area contributed by atoms with Crippen LogP contribution in [0.25, 0.3) is 11.1 Å². The minimum Gasteiger partial charge on any atom is -0.480 e. The molecule has 3 aromatic rings. The van der Waals surface area contributed by atoms with Gasteiger partial charge in [-0.05, 0) is 55.2 Å². The Labute approximate surface area is 204 Å². The van der Waals surface area contributed by atoms with Crippen molar-refractivity contribution in [1.29, 1.82) is 0 Å². The molecular formula is C28H28N2O5. The number of nitrogens with one attached hydrogen (secondary N) is 1. The Morgan fingerprint density at radius 1 is 0.971 bits per heavy atom. The highest BCUT2D eigenvalue weighted by Crippen LogP contribution is 2.44. The second-order valence-electron chi connectivity index (χ2n) is 8.92. The molecule has 1 aliphatic carbocycles. The van der Waals surface area contributed by atoms with Gasteiger partial charge in [0.1, 0.15) is 13.2 Å². The SMILES string of the molecule is Cc1ccc(NC(=O)OCC2c3ccccc3-c3ccccc32)c(C(=O)N(CC(=O)O)C(C)C)c1. The normalized spacial score (nSPS) is 12.1. The minimum atomic E-state index is -1.11. The van der Waals surface area contributed by atoms with E-state index in [9.17, 15) is 19.5 Å². The smallest absolute Gasteiger partial charge is 0.411 e.